The van der Waals surface area contributed by atoms with E-state index in [4.69, 9.17) is 20.8 Å². The van der Waals surface area contributed by atoms with E-state index in [1.165, 1.54) is 0 Å². The van der Waals surface area contributed by atoms with Gasteiger partial charge in [0.05, 0.1) is 12.1 Å². The van der Waals surface area contributed by atoms with Gasteiger partial charge < -0.3 is 9.15 Å². The second-order valence-corrected chi connectivity index (χ2v) is 5.58. The summed E-state index contributed by atoms with van der Waals surface area (Å²) in [6, 6.07) is 12.9. The van der Waals surface area contributed by atoms with E-state index in [1.807, 2.05) is 37.3 Å². The molecule has 5 heteroatoms. The van der Waals surface area contributed by atoms with Crippen LogP contribution in [0.5, 0.6) is 5.75 Å². The maximum atomic E-state index is 11.9. The topological polar surface area (TPSA) is 44.4 Å². The van der Waals surface area contributed by atoms with Gasteiger partial charge in [0.2, 0.25) is 0 Å². The van der Waals surface area contributed by atoms with Crippen molar-refractivity contribution < 1.29 is 9.15 Å². The molecule has 3 rings (SSSR count). The van der Waals surface area contributed by atoms with Crippen LogP contribution in [-0.2, 0) is 6.54 Å². The zero-order valence-electron chi connectivity index (χ0n) is 12.2. The van der Waals surface area contributed by atoms with E-state index in [-0.39, 0.29) is 5.76 Å². The van der Waals surface area contributed by atoms with Crippen molar-refractivity contribution in [3.8, 4) is 5.75 Å². The van der Waals surface area contributed by atoms with Crippen molar-refractivity contribution in [2.45, 2.75) is 19.9 Å². The Bertz CT molecular complexity index is 833. The van der Waals surface area contributed by atoms with E-state index in [9.17, 15) is 4.79 Å². The Morgan fingerprint density at radius 3 is 2.73 bits per heavy atom. The molecule has 0 bridgehead atoms. The standard InChI is InChI=1S/C17H16ClNO3/c1-12-3-8-16-15(11-12)19(17(20)22-16)9-2-10-21-14-6-4-13(18)5-7-14/h3-8,11H,2,9-10H2,1H3. The zero-order chi connectivity index (χ0) is 15.5. The molecule has 4 nitrogen and oxygen atoms in total. The predicted octanol–water partition coefficient (Wildman–Crippen LogP) is 4.03. The largest absolute Gasteiger partial charge is 0.494 e. The Labute approximate surface area is 132 Å². The van der Waals surface area contributed by atoms with Crippen LogP contribution in [0.25, 0.3) is 11.1 Å². The van der Waals surface area contributed by atoms with Crippen LogP contribution >= 0.6 is 11.6 Å². The van der Waals surface area contributed by atoms with E-state index in [1.54, 1.807) is 16.7 Å². The molecule has 0 fully saturated rings. The number of halogens is 1. The van der Waals surface area contributed by atoms with Crippen LogP contribution in [0.2, 0.25) is 5.02 Å². The predicted molar refractivity (Wildman–Crippen MR) is 86.8 cm³/mol. The Morgan fingerprint density at radius 1 is 1.18 bits per heavy atom. The van der Waals surface area contributed by atoms with Gasteiger partial charge in [-0.2, -0.15) is 0 Å². The van der Waals surface area contributed by atoms with Gasteiger partial charge >= 0.3 is 5.76 Å². The molecule has 22 heavy (non-hydrogen) atoms. The molecular weight excluding hydrogens is 302 g/mol. The Balaban J connectivity index is 1.64. The minimum atomic E-state index is -0.327. The van der Waals surface area contributed by atoms with Gasteiger partial charge in [-0.05, 0) is 55.3 Å². The van der Waals surface area contributed by atoms with E-state index in [0.717, 1.165) is 16.8 Å². The summed E-state index contributed by atoms with van der Waals surface area (Å²) in [5, 5.41) is 0.680. The van der Waals surface area contributed by atoms with E-state index in [0.29, 0.717) is 30.2 Å². The van der Waals surface area contributed by atoms with Crippen molar-refractivity contribution in [3.05, 3.63) is 63.6 Å². The minimum absolute atomic E-state index is 0.327. The SMILES string of the molecule is Cc1ccc2oc(=O)n(CCCOc3ccc(Cl)cc3)c2c1. The van der Waals surface area contributed by atoms with Crippen molar-refractivity contribution in [2.24, 2.45) is 0 Å². The van der Waals surface area contributed by atoms with Gasteiger partial charge in [0, 0.05) is 11.6 Å². The van der Waals surface area contributed by atoms with E-state index < -0.39 is 0 Å². The Morgan fingerprint density at radius 2 is 1.95 bits per heavy atom. The van der Waals surface area contributed by atoms with E-state index >= 15 is 0 Å². The molecule has 0 aliphatic carbocycles. The lowest BCUT2D eigenvalue weighted by molar-refractivity contribution is 0.300. The van der Waals surface area contributed by atoms with Crippen LogP contribution in [-0.4, -0.2) is 11.2 Å². The molecule has 0 saturated heterocycles. The number of hydrogen-bond acceptors (Lipinski definition) is 3. The van der Waals surface area contributed by atoms with Gasteiger partial charge in [0.15, 0.2) is 5.58 Å². The lowest BCUT2D eigenvalue weighted by atomic mass is 10.2. The highest BCUT2D eigenvalue weighted by atomic mass is 35.5. The van der Waals surface area contributed by atoms with Gasteiger partial charge in [-0.25, -0.2) is 4.79 Å². The lowest BCUT2D eigenvalue weighted by Gasteiger charge is -2.06. The molecular formula is C17H16ClNO3. The highest BCUT2D eigenvalue weighted by molar-refractivity contribution is 6.30. The third kappa shape index (κ3) is 3.17. The second kappa shape index (κ2) is 6.28. The summed E-state index contributed by atoms with van der Waals surface area (Å²) in [4.78, 5) is 11.9. The van der Waals surface area contributed by atoms with Crippen molar-refractivity contribution in [3.63, 3.8) is 0 Å². The normalized spacial score (nSPS) is 11.0. The summed E-state index contributed by atoms with van der Waals surface area (Å²) in [5.74, 6) is 0.441. The molecule has 0 saturated carbocycles. The number of ether oxygens (including phenoxy) is 1. The molecule has 0 radical (unpaired) electrons. The number of fused-ring (bicyclic) bond motifs is 1. The number of benzene rings is 2. The number of oxazole rings is 1. The number of hydrogen-bond donors (Lipinski definition) is 0. The highest BCUT2D eigenvalue weighted by Gasteiger charge is 2.08. The first kappa shape index (κ1) is 14.7. The summed E-state index contributed by atoms with van der Waals surface area (Å²) in [6.07, 6.45) is 0.713. The lowest BCUT2D eigenvalue weighted by Crippen LogP contribution is -2.15. The molecule has 0 spiro atoms. The fourth-order valence-electron chi connectivity index (χ4n) is 2.33. The van der Waals surface area contributed by atoms with Crippen molar-refractivity contribution >= 4 is 22.7 Å². The first-order valence-electron chi connectivity index (χ1n) is 7.12. The minimum Gasteiger partial charge on any atom is -0.494 e. The van der Waals surface area contributed by atoms with Gasteiger partial charge in [-0.15, -0.1) is 0 Å². The second-order valence-electron chi connectivity index (χ2n) is 5.15. The third-order valence-electron chi connectivity index (χ3n) is 3.43. The van der Waals surface area contributed by atoms with Gasteiger partial charge in [0.1, 0.15) is 5.75 Å². The number of aryl methyl sites for hydroxylation is 2. The molecule has 114 valence electrons. The summed E-state index contributed by atoms with van der Waals surface area (Å²) >= 11 is 5.82. The van der Waals surface area contributed by atoms with Crippen LogP contribution in [0.15, 0.2) is 51.7 Å². The van der Waals surface area contributed by atoms with Crippen LogP contribution in [0.3, 0.4) is 0 Å². The van der Waals surface area contributed by atoms with Crippen LogP contribution in [0.4, 0.5) is 0 Å². The molecule has 0 N–H and O–H groups in total. The van der Waals surface area contributed by atoms with Crippen LogP contribution in [0, 0.1) is 6.92 Å². The number of aromatic nitrogens is 1. The molecule has 0 unspecified atom stereocenters. The molecule has 3 aromatic rings. The van der Waals surface area contributed by atoms with Crippen LogP contribution < -0.4 is 10.5 Å². The van der Waals surface area contributed by atoms with Crippen molar-refractivity contribution in [2.75, 3.05) is 6.61 Å². The average Bonchev–Trinajstić information content (AvgIpc) is 2.81. The van der Waals surface area contributed by atoms with Crippen molar-refractivity contribution in [1.82, 2.24) is 4.57 Å². The Kier molecular flexibility index (Phi) is 4.20. The molecule has 0 atom stereocenters. The van der Waals surface area contributed by atoms with Crippen LogP contribution in [0.1, 0.15) is 12.0 Å². The fourth-order valence-corrected chi connectivity index (χ4v) is 2.45. The summed E-state index contributed by atoms with van der Waals surface area (Å²) in [5.41, 5.74) is 2.55. The summed E-state index contributed by atoms with van der Waals surface area (Å²) < 4.78 is 12.5. The molecule has 1 aromatic heterocycles. The molecule has 0 aliphatic heterocycles. The van der Waals surface area contributed by atoms with Gasteiger partial charge in [0.25, 0.3) is 0 Å². The van der Waals surface area contributed by atoms with Crippen molar-refractivity contribution in [1.29, 1.82) is 0 Å². The highest BCUT2D eigenvalue weighted by Crippen LogP contribution is 2.17. The Hall–Kier alpha value is -2.20. The average molecular weight is 318 g/mol. The first-order valence-corrected chi connectivity index (χ1v) is 7.49. The third-order valence-corrected chi connectivity index (χ3v) is 3.68. The first-order chi connectivity index (χ1) is 10.6. The van der Waals surface area contributed by atoms with Gasteiger partial charge in [-0.3, -0.25) is 4.57 Å². The number of nitrogens with zero attached hydrogens (tertiary/aromatic N) is 1. The molecule has 0 aliphatic rings. The zero-order valence-corrected chi connectivity index (χ0v) is 13.0. The molecule has 2 aromatic carbocycles. The van der Waals surface area contributed by atoms with Gasteiger partial charge in [-0.1, -0.05) is 17.7 Å². The van der Waals surface area contributed by atoms with E-state index in [2.05, 4.69) is 0 Å². The molecule has 0 amide bonds. The molecule has 1 heterocycles. The summed E-state index contributed by atoms with van der Waals surface area (Å²) in [7, 11) is 0. The monoisotopic (exact) mass is 317 g/mol. The smallest absolute Gasteiger partial charge is 0.419 e. The maximum absolute atomic E-state index is 11.9. The quantitative estimate of drug-likeness (QED) is 0.667. The maximum Gasteiger partial charge on any atom is 0.419 e. The number of rotatable bonds is 5. The summed E-state index contributed by atoms with van der Waals surface area (Å²) in [6.45, 7) is 3.07. The fraction of sp³-hybridized carbons (Fsp3) is 0.235.